The summed E-state index contributed by atoms with van der Waals surface area (Å²) in [5.41, 5.74) is 6.63. The molecule has 2 rings (SSSR count). The van der Waals surface area contributed by atoms with Gasteiger partial charge in [-0.3, -0.25) is 4.79 Å². The highest BCUT2D eigenvalue weighted by atomic mass is 35.5. The monoisotopic (exact) mass is 292 g/mol. The van der Waals surface area contributed by atoms with Crippen LogP contribution in [-0.4, -0.2) is 18.1 Å². The normalized spacial score (nSPS) is 10.1. The summed E-state index contributed by atoms with van der Waals surface area (Å²) in [6.07, 6.45) is 0. The summed E-state index contributed by atoms with van der Waals surface area (Å²) in [7, 11) is 1.47. The number of amides is 1. The van der Waals surface area contributed by atoms with Crippen molar-refractivity contribution in [2.75, 3.05) is 18.2 Å². The Labute approximate surface area is 120 Å². The Hall–Kier alpha value is -2.40. The zero-order valence-corrected chi connectivity index (χ0v) is 11.4. The molecule has 0 aliphatic carbocycles. The van der Waals surface area contributed by atoms with Crippen LogP contribution in [0.5, 0.6) is 11.5 Å². The second-order valence-electron chi connectivity index (χ2n) is 4.07. The molecular weight excluding hydrogens is 280 g/mol. The zero-order chi connectivity index (χ0) is 14.7. The van der Waals surface area contributed by atoms with Gasteiger partial charge in [0.05, 0.1) is 24.0 Å². The van der Waals surface area contributed by atoms with E-state index in [4.69, 9.17) is 22.1 Å². The number of benzene rings is 2. The lowest BCUT2D eigenvalue weighted by Crippen LogP contribution is -2.13. The highest BCUT2D eigenvalue weighted by Gasteiger charge is 2.13. The van der Waals surface area contributed by atoms with Crippen LogP contribution in [0, 0.1) is 0 Å². The highest BCUT2D eigenvalue weighted by molar-refractivity contribution is 6.31. The Kier molecular flexibility index (Phi) is 4.00. The first-order valence-corrected chi connectivity index (χ1v) is 6.12. The molecule has 0 aliphatic heterocycles. The number of hydrogen-bond donors (Lipinski definition) is 3. The van der Waals surface area contributed by atoms with Gasteiger partial charge in [0, 0.05) is 11.1 Å². The third-order valence-electron chi connectivity index (χ3n) is 2.71. The van der Waals surface area contributed by atoms with Gasteiger partial charge < -0.3 is 20.9 Å². The lowest BCUT2D eigenvalue weighted by atomic mass is 10.1. The Morgan fingerprint density at radius 2 is 2.05 bits per heavy atom. The number of hydrogen-bond acceptors (Lipinski definition) is 4. The van der Waals surface area contributed by atoms with E-state index in [-0.39, 0.29) is 11.3 Å². The number of halogens is 1. The maximum absolute atomic E-state index is 12.1. The molecule has 0 unspecified atom stereocenters. The Morgan fingerprint density at radius 1 is 1.30 bits per heavy atom. The van der Waals surface area contributed by atoms with Gasteiger partial charge >= 0.3 is 0 Å². The van der Waals surface area contributed by atoms with Gasteiger partial charge in [-0.05, 0) is 30.3 Å². The molecule has 0 radical (unpaired) electrons. The minimum atomic E-state index is -0.487. The zero-order valence-electron chi connectivity index (χ0n) is 10.7. The van der Waals surface area contributed by atoms with Gasteiger partial charge in [0.25, 0.3) is 5.91 Å². The third kappa shape index (κ3) is 2.95. The van der Waals surface area contributed by atoms with Crippen LogP contribution >= 0.6 is 11.6 Å². The maximum atomic E-state index is 12.1. The fourth-order valence-electron chi connectivity index (χ4n) is 1.66. The van der Waals surface area contributed by atoms with E-state index < -0.39 is 5.91 Å². The van der Waals surface area contributed by atoms with E-state index in [0.29, 0.717) is 22.1 Å². The van der Waals surface area contributed by atoms with Gasteiger partial charge in [-0.1, -0.05) is 11.6 Å². The minimum absolute atomic E-state index is 0.116. The van der Waals surface area contributed by atoms with Crippen molar-refractivity contribution in [2.24, 2.45) is 0 Å². The SMILES string of the molecule is COc1ccc(C(=O)Nc2cc(Cl)ccc2N)c(O)c1. The van der Waals surface area contributed by atoms with E-state index in [9.17, 15) is 9.90 Å². The van der Waals surface area contributed by atoms with Crippen LogP contribution in [0.4, 0.5) is 11.4 Å². The number of aromatic hydroxyl groups is 1. The summed E-state index contributed by atoms with van der Waals surface area (Å²) in [6.45, 7) is 0. The molecule has 0 bridgehead atoms. The molecule has 104 valence electrons. The summed E-state index contributed by atoms with van der Waals surface area (Å²) in [5, 5.41) is 12.8. The van der Waals surface area contributed by atoms with Crippen LogP contribution in [-0.2, 0) is 0 Å². The molecule has 0 fully saturated rings. The molecule has 20 heavy (non-hydrogen) atoms. The minimum Gasteiger partial charge on any atom is -0.507 e. The average molecular weight is 293 g/mol. The molecule has 0 atom stereocenters. The lowest BCUT2D eigenvalue weighted by Gasteiger charge is -2.10. The standard InChI is InChI=1S/C14H13ClN2O3/c1-20-9-3-4-10(13(18)7-9)14(19)17-12-6-8(15)2-5-11(12)16/h2-7,18H,16H2,1H3,(H,17,19). The van der Waals surface area contributed by atoms with E-state index in [0.717, 1.165) is 0 Å². The van der Waals surface area contributed by atoms with E-state index in [1.54, 1.807) is 18.2 Å². The Bertz CT molecular complexity index is 659. The topological polar surface area (TPSA) is 84.6 Å². The number of nitrogens with one attached hydrogen (secondary N) is 1. The second-order valence-corrected chi connectivity index (χ2v) is 4.51. The largest absolute Gasteiger partial charge is 0.507 e. The number of rotatable bonds is 3. The predicted octanol–water partition coefficient (Wildman–Crippen LogP) is 2.89. The van der Waals surface area contributed by atoms with Crippen molar-refractivity contribution in [3.63, 3.8) is 0 Å². The molecule has 4 N–H and O–H groups in total. The van der Waals surface area contributed by atoms with E-state index in [2.05, 4.69) is 5.32 Å². The quantitative estimate of drug-likeness (QED) is 0.759. The van der Waals surface area contributed by atoms with Gasteiger partial charge in [-0.25, -0.2) is 0 Å². The molecule has 1 amide bonds. The number of carbonyl (C=O) groups is 1. The number of phenolic OH excluding ortho intramolecular Hbond substituents is 1. The van der Waals surface area contributed by atoms with Crippen molar-refractivity contribution in [1.82, 2.24) is 0 Å². The first kappa shape index (κ1) is 14.0. The average Bonchev–Trinajstić information content (AvgIpc) is 2.42. The van der Waals surface area contributed by atoms with Crippen molar-refractivity contribution >= 4 is 28.9 Å². The first-order valence-electron chi connectivity index (χ1n) is 5.74. The van der Waals surface area contributed by atoms with Crippen molar-refractivity contribution in [1.29, 1.82) is 0 Å². The number of nitrogens with two attached hydrogens (primary N) is 1. The van der Waals surface area contributed by atoms with Gasteiger partial charge in [-0.2, -0.15) is 0 Å². The number of methoxy groups -OCH3 is 1. The molecule has 0 spiro atoms. The van der Waals surface area contributed by atoms with Gasteiger partial charge in [0.2, 0.25) is 0 Å². The number of nitrogen functional groups attached to an aromatic ring is 1. The van der Waals surface area contributed by atoms with E-state index >= 15 is 0 Å². The fourth-order valence-corrected chi connectivity index (χ4v) is 1.83. The van der Waals surface area contributed by atoms with Gasteiger partial charge in [-0.15, -0.1) is 0 Å². The van der Waals surface area contributed by atoms with Crippen molar-refractivity contribution in [3.05, 3.63) is 47.0 Å². The summed E-state index contributed by atoms with van der Waals surface area (Å²) in [6, 6.07) is 9.15. The van der Waals surface area contributed by atoms with Crippen LogP contribution in [0.25, 0.3) is 0 Å². The lowest BCUT2D eigenvalue weighted by molar-refractivity contribution is 0.102. The molecule has 5 nitrogen and oxygen atoms in total. The fraction of sp³-hybridized carbons (Fsp3) is 0.0714. The summed E-state index contributed by atoms with van der Waals surface area (Å²) in [4.78, 5) is 12.1. The van der Waals surface area contributed by atoms with E-state index in [1.165, 1.54) is 25.3 Å². The molecule has 0 aliphatic rings. The molecule has 6 heteroatoms. The molecule has 2 aromatic rings. The maximum Gasteiger partial charge on any atom is 0.259 e. The Balaban J connectivity index is 2.26. The summed E-state index contributed by atoms with van der Waals surface area (Å²) < 4.78 is 4.95. The van der Waals surface area contributed by atoms with Crippen molar-refractivity contribution in [3.8, 4) is 11.5 Å². The summed E-state index contributed by atoms with van der Waals surface area (Å²) >= 11 is 5.84. The molecule has 0 saturated heterocycles. The number of ether oxygens (including phenoxy) is 1. The molecule has 0 heterocycles. The molecule has 2 aromatic carbocycles. The number of anilines is 2. The second kappa shape index (κ2) is 5.71. The highest BCUT2D eigenvalue weighted by Crippen LogP contribution is 2.27. The molecule has 0 aromatic heterocycles. The van der Waals surface area contributed by atoms with Crippen LogP contribution in [0.3, 0.4) is 0 Å². The van der Waals surface area contributed by atoms with Crippen LogP contribution < -0.4 is 15.8 Å². The van der Waals surface area contributed by atoms with Crippen LogP contribution in [0.1, 0.15) is 10.4 Å². The first-order chi connectivity index (χ1) is 9.51. The van der Waals surface area contributed by atoms with Gasteiger partial charge in [0.15, 0.2) is 0 Å². The predicted molar refractivity (Wildman–Crippen MR) is 78.5 cm³/mol. The van der Waals surface area contributed by atoms with Crippen molar-refractivity contribution < 1.29 is 14.6 Å². The Morgan fingerprint density at radius 3 is 2.70 bits per heavy atom. The van der Waals surface area contributed by atoms with Gasteiger partial charge in [0.1, 0.15) is 11.5 Å². The van der Waals surface area contributed by atoms with Crippen molar-refractivity contribution in [2.45, 2.75) is 0 Å². The smallest absolute Gasteiger partial charge is 0.259 e. The molecular formula is C14H13ClN2O3. The number of carbonyl (C=O) groups excluding carboxylic acids is 1. The van der Waals surface area contributed by atoms with Crippen LogP contribution in [0.15, 0.2) is 36.4 Å². The summed E-state index contributed by atoms with van der Waals surface area (Å²) in [5.74, 6) is -0.206. The molecule has 0 saturated carbocycles. The van der Waals surface area contributed by atoms with Crippen LogP contribution in [0.2, 0.25) is 5.02 Å². The van der Waals surface area contributed by atoms with E-state index in [1.807, 2.05) is 0 Å². The third-order valence-corrected chi connectivity index (χ3v) is 2.95. The number of phenols is 1.